The molecule has 0 spiro atoms. The molecule has 0 unspecified atom stereocenters. The Balaban J connectivity index is 1.48. The zero-order valence-electron chi connectivity index (χ0n) is 20.7. The Morgan fingerprint density at radius 2 is 1.78 bits per heavy atom. The van der Waals surface area contributed by atoms with Gasteiger partial charge in [0, 0.05) is 47.0 Å². The van der Waals surface area contributed by atoms with E-state index >= 15 is 0 Å². The second-order valence-corrected chi connectivity index (χ2v) is 11.3. The van der Waals surface area contributed by atoms with Crippen LogP contribution in [0.25, 0.3) is 0 Å². The molecule has 10 heteroatoms. The molecular weight excluding hydrogens is 476 g/mol. The van der Waals surface area contributed by atoms with Crippen LogP contribution in [0.1, 0.15) is 43.1 Å². The Hall–Kier alpha value is -3.76. The van der Waals surface area contributed by atoms with E-state index in [2.05, 4.69) is 25.3 Å². The Bertz CT molecular complexity index is 1400. The molecule has 3 N–H and O–H groups in total. The third kappa shape index (κ3) is 6.27. The van der Waals surface area contributed by atoms with Crippen LogP contribution >= 0.6 is 0 Å². The van der Waals surface area contributed by atoms with E-state index < -0.39 is 15.6 Å². The van der Waals surface area contributed by atoms with Crippen LogP contribution in [0.3, 0.4) is 0 Å². The molecule has 0 aliphatic carbocycles. The number of nitrogens with zero attached hydrogens (tertiary/aromatic N) is 3. The number of sulfonamides is 1. The standard InChI is InChI=1S/C26H30N6O3S/c1-18-17-27-25(29-20-12-10-19(11-13-20)24(33)32-14-5-6-15-32)30-23(18)28-21-8-7-9-22(16-21)36(34,35)31-26(2,3)4/h5,7-14,16-17,31H,6,15H2,1-4H3,(H2,27,28,29,30). The molecule has 1 aromatic heterocycles. The van der Waals surface area contributed by atoms with Gasteiger partial charge in [0.1, 0.15) is 5.82 Å². The predicted molar refractivity (Wildman–Crippen MR) is 141 cm³/mol. The van der Waals surface area contributed by atoms with Crippen molar-refractivity contribution in [1.29, 1.82) is 0 Å². The SMILES string of the molecule is Cc1cnc(Nc2ccc(C(=O)N3C=CCC3)cc2)nc1Nc1cccc(S(=O)(=O)NC(C)(C)C)c1. The van der Waals surface area contributed by atoms with E-state index in [0.717, 1.165) is 17.7 Å². The lowest BCUT2D eigenvalue weighted by molar-refractivity contribution is 0.0833. The molecule has 2 heterocycles. The van der Waals surface area contributed by atoms with E-state index in [1.807, 2.05) is 19.2 Å². The summed E-state index contributed by atoms with van der Waals surface area (Å²) in [4.78, 5) is 23.3. The van der Waals surface area contributed by atoms with Gasteiger partial charge in [-0.25, -0.2) is 18.1 Å². The number of rotatable bonds is 7. The molecule has 1 amide bonds. The zero-order valence-corrected chi connectivity index (χ0v) is 21.6. The fraction of sp³-hybridized carbons (Fsp3) is 0.269. The van der Waals surface area contributed by atoms with E-state index in [-0.39, 0.29) is 10.8 Å². The van der Waals surface area contributed by atoms with E-state index in [4.69, 9.17) is 0 Å². The summed E-state index contributed by atoms with van der Waals surface area (Å²) in [5, 5.41) is 6.34. The van der Waals surface area contributed by atoms with Gasteiger partial charge in [-0.15, -0.1) is 0 Å². The van der Waals surface area contributed by atoms with Crippen molar-refractivity contribution >= 4 is 39.1 Å². The Morgan fingerprint density at radius 3 is 2.44 bits per heavy atom. The third-order valence-electron chi connectivity index (χ3n) is 5.29. The highest BCUT2D eigenvalue weighted by molar-refractivity contribution is 7.89. The van der Waals surface area contributed by atoms with Gasteiger partial charge < -0.3 is 15.5 Å². The lowest BCUT2D eigenvalue weighted by Gasteiger charge is -2.20. The minimum atomic E-state index is -3.67. The van der Waals surface area contributed by atoms with Crippen LogP contribution in [0.2, 0.25) is 0 Å². The molecular formula is C26H30N6O3S. The van der Waals surface area contributed by atoms with Gasteiger partial charge in [0.2, 0.25) is 16.0 Å². The first-order valence-corrected chi connectivity index (χ1v) is 13.1. The summed E-state index contributed by atoms with van der Waals surface area (Å²) < 4.78 is 28.1. The lowest BCUT2D eigenvalue weighted by Crippen LogP contribution is -2.40. The van der Waals surface area contributed by atoms with Crippen molar-refractivity contribution in [2.24, 2.45) is 0 Å². The third-order valence-corrected chi connectivity index (χ3v) is 7.05. The maximum absolute atomic E-state index is 12.7. The molecule has 0 atom stereocenters. The molecule has 9 nitrogen and oxygen atoms in total. The van der Waals surface area contributed by atoms with Gasteiger partial charge in [-0.05, 0) is 76.6 Å². The molecule has 1 aliphatic heterocycles. The summed E-state index contributed by atoms with van der Waals surface area (Å²) in [5.74, 6) is 0.872. The summed E-state index contributed by atoms with van der Waals surface area (Å²) in [5.41, 5.74) is 2.12. The van der Waals surface area contributed by atoms with Crippen LogP contribution < -0.4 is 15.4 Å². The molecule has 0 fully saturated rings. The molecule has 36 heavy (non-hydrogen) atoms. The number of hydrogen-bond acceptors (Lipinski definition) is 7. The number of amides is 1. The first kappa shape index (κ1) is 25.3. The molecule has 188 valence electrons. The molecule has 0 radical (unpaired) electrons. The van der Waals surface area contributed by atoms with Crippen LogP contribution in [0.15, 0.2) is 71.9 Å². The number of anilines is 4. The van der Waals surface area contributed by atoms with Gasteiger partial charge in [0.15, 0.2) is 0 Å². The van der Waals surface area contributed by atoms with E-state index in [9.17, 15) is 13.2 Å². The number of aryl methyl sites for hydroxylation is 1. The maximum atomic E-state index is 12.7. The summed E-state index contributed by atoms with van der Waals surface area (Å²) in [7, 11) is -3.67. The summed E-state index contributed by atoms with van der Waals surface area (Å²) >= 11 is 0. The van der Waals surface area contributed by atoms with Gasteiger partial charge >= 0.3 is 0 Å². The maximum Gasteiger partial charge on any atom is 0.257 e. The topological polar surface area (TPSA) is 116 Å². The molecule has 0 saturated heterocycles. The van der Waals surface area contributed by atoms with Crippen LogP contribution in [-0.2, 0) is 10.0 Å². The summed E-state index contributed by atoms with van der Waals surface area (Å²) in [6, 6.07) is 13.7. The van der Waals surface area contributed by atoms with Gasteiger partial charge in [0.05, 0.1) is 4.90 Å². The van der Waals surface area contributed by atoms with Crippen LogP contribution in [0.5, 0.6) is 0 Å². The van der Waals surface area contributed by atoms with Crippen LogP contribution in [0.4, 0.5) is 23.1 Å². The molecule has 0 bridgehead atoms. The van der Waals surface area contributed by atoms with Crippen LogP contribution in [0, 0.1) is 6.92 Å². The van der Waals surface area contributed by atoms with Crippen molar-refractivity contribution < 1.29 is 13.2 Å². The molecule has 3 aromatic rings. The van der Waals surface area contributed by atoms with E-state index in [1.165, 1.54) is 0 Å². The molecule has 1 aliphatic rings. The highest BCUT2D eigenvalue weighted by Crippen LogP contribution is 2.24. The largest absolute Gasteiger partial charge is 0.340 e. The van der Waals surface area contributed by atoms with Crippen molar-refractivity contribution in [3.63, 3.8) is 0 Å². The Labute approximate surface area is 211 Å². The van der Waals surface area contributed by atoms with E-state index in [1.54, 1.807) is 80.4 Å². The average Bonchev–Trinajstić information content (AvgIpc) is 3.35. The number of carbonyl (C=O) groups excluding carboxylic acids is 1. The minimum absolute atomic E-state index is 0.0321. The first-order valence-electron chi connectivity index (χ1n) is 11.6. The highest BCUT2D eigenvalue weighted by Gasteiger charge is 2.22. The monoisotopic (exact) mass is 506 g/mol. The van der Waals surface area contributed by atoms with Crippen molar-refractivity contribution in [1.82, 2.24) is 19.6 Å². The van der Waals surface area contributed by atoms with Crippen molar-refractivity contribution in [2.75, 3.05) is 17.2 Å². The van der Waals surface area contributed by atoms with Crippen LogP contribution in [-0.4, -0.2) is 41.3 Å². The highest BCUT2D eigenvalue weighted by atomic mass is 32.2. The van der Waals surface area contributed by atoms with Gasteiger partial charge in [-0.3, -0.25) is 4.79 Å². The second kappa shape index (κ2) is 10.1. The Morgan fingerprint density at radius 1 is 1.03 bits per heavy atom. The Kier molecular flexibility index (Phi) is 7.09. The van der Waals surface area contributed by atoms with Gasteiger partial charge in [-0.1, -0.05) is 12.1 Å². The number of aromatic nitrogens is 2. The summed E-state index contributed by atoms with van der Waals surface area (Å²) in [6.07, 6.45) is 6.35. The average molecular weight is 507 g/mol. The van der Waals surface area contributed by atoms with Gasteiger partial charge in [-0.2, -0.15) is 4.98 Å². The minimum Gasteiger partial charge on any atom is -0.340 e. The fourth-order valence-electron chi connectivity index (χ4n) is 3.62. The van der Waals surface area contributed by atoms with E-state index in [0.29, 0.717) is 29.6 Å². The quantitative estimate of drug-likeness (QED) is 0.425. The predicted octanol–water partition coefficient (Wildman–Crippen LogP) is 4.71. The first-order chi connectivity index (χ1) is 17.0. The molecule has 4 rings (SSSR count). The van der Waals surface area contributed by atoms with Crippen molar-refractivity contribution in [3.8, 4) is 0 Å². The number of benzene rings is 2. The van der Waals surface area contributed by atoms with Gasteiger partial charge in [0.25, 0.3) is 5.91 Å². The number of nitrogens with one attached hydrogen (secondary N) is 3. The fourth-order valence-corrected chi connectivity index (χ4v) is 5.08. The number of hydrogen-bond donors (Lipinski definition) is 3. The molecule has 2 aromatic carbocycles. The second-order valence-electron chi connectivity index (χ2n) is 9.61. The van der Waals surface area contributed by atoms with Crippen molar-refractivity contribution in [3.05, 3.63) is 78.1 Å². The lowest BCUT2D eigenvalue weighted by atomic mass is 10.1. The zero-order chi connectivity index (χ0) is 25.9. The van der Waals surface area contributed by atoms with Crippen molar-refractivity contribution in [2.45, 2.75) is 44.6 Å². The molecule has 0 saturated carbocycles. The normalized spacial score (nSPS) is 13.6. The number of carbonyl (C=O) groups is 1. The smallest absolute Gasteiger partial charge is 0.257 e. The summed E-state index contributed by atoms with van der Waals surface area (Å²) in [6.45, 7) is 7.94.